The Labute approximate surface area is 207 Å². The van der Waals surface area contributed by atoms with Crippen molar-refractivity contribution in [2.75, 3.05) is 0 Å². The van der Waals surface area contributed by atoms with Crippen LogP contribution < -0.4 is 11.1 Å². The number of hydrogen-bond donors (Lipinski definition) is 2. The molecule has 0 saturated heterocycles. The number of amides is 2. The molecule has 2 unspecified atom stereocenters. The Balaban J connectivity index is 1.93. The molecule has 0 bridgehead atoms. The number of hydrogen-bond acceptors (Lipinski definition) is 3. The van der Waals surface area contributed by atoms with E-state index in [2.05, 4.69) is 34.8 Å². The van der Waals surface area contributed by atoms with Crippen molar-refractivity contribution in [3.63, 3.8) is 0 Å². The summed E-state index contributed by atoms with van der Waals surface area (Å²) in [7, 11) is 0. The number of halogens is 1. The molecule has 3 N–H and O–H groups in total. The summed E-state index contributed by atoms with van der Waals surface area (Å²) < 4.78 is 0.921. The maximum atomic E-state index is 14.0. The van der Waals surface area contributed by atoms with Crippen LogP contribution in [0.4, 0.5) is 0 Å². The number of nitrogens with zero attached hydrogens (tertiary/aromatic N) is 1. The summed E-state index contributed by atoms with van der Waals surface area (Å²) in [6.45, 7) is 2.14. The highest BCUT2D eigenvalue weighted by Gasteiger charge is 2.40. The van der Waals surface area contributed by atoms with Crippen LogP contribution in [0.25, 0.3) is 0 Å². The lowest BCUT2D eigenvalue weighted by molar-refractivity contribution is -0.128. The van der Waals surface area contributed by atoms with Crippen molar-refractivity contribution >= 4 is 34.4 Å². The Morgan fingerprint density at radius 3 is 2.31 bits per heavy atom. The topological polar surface area (TPSA) is 75.4 Å². The van der Waals surface area contributed by atoms with Gasteiger partial charge in [0.05, 0.1) is 5.56 Å². The van der Waals surface area contributed by atoms with Crippen LogP contribution in [-0.4, -0.2) is 40.9 Å². The second kappa shape index (κ2) is 12.9. The van der Waals surface area contributed by atoms with E-state index in [1.54, 1.807) is 0 Å². The SMILES string of the molecule is CCCCC(N)C(C(=O)NC1CCCCC1)N(C(=O)c1ccccc1I)C1CCCCC1. The van der Waals surface area contributed by atoms with Crippen molar-refractivity contribution in [3.05, 3.63) is 33.4 Å². The van der Waals surface area contributed by atoms with Crippen LogP contribution in [0.15, 0.2) is 24.3 Å². The standard InChI is InChI=1S/C26H40IN3O2/c1-2-3-18-23(28)24(25(31)29-19-12-6-4-7-13-19)30(20-14-8-5-9-15-20)26(32)21-16-10-11-17-22(21)27/h10-11,16-17,19-20,23-24H,2-9,12-15,18,28H2,1H3,(H,29,31). The van der Waals surface area contributed by atoms with Crippen molar-refractivity contribution in [3.8, 4) is 0 Å². The molecule has 178 valence electrons. The normalized spacial score (nSPS) is 19.8. The maximum absolute atomic E-state index is 14.0. The van der Waals surface area contributed by atoms with Crippen molar-refractivity contribution < 1.29 is 9.59 Å². The lowest BCUT2D eigenvalue weighted by atomic mass is 9.89. The molecule has 2 aliphatic carbocycles. The molecule has 0 aromatic heterocycles. The number of benzene rings is 1. The quantitative estimate of drug-likeness (QED) is 0.402. The average Bonchev–Trinajstić information content (AvgIpc) is 2.82. The Hall–Kier alpha value is -1.15. The maximum Gasteiger partial charge on any atom is 0.255 e. The van der Waals surface area contributed by atoms with E-state index in [9.17, 15) is 9.59 Å². The lowest BCUT2D eigenvalue weighted by Crippen LogP contribution is -2.62. The third-order valence-corrected chi connectivity index (χ3v) is 8.06. The van der Waals surface area contributed by atoms with Crippen LogP contribution in [0.5, 0.6) is 0 Å². The summed E-state index contributed by atoms with van der Waals surface area (Å²) >= 11 is 2.23. The summed E-state index contributed by atoms with van der Waals surface area (Å²) in [6, 6.07) is 7.00. The molecule has 2 atom stereocenters. The van der Waals surface area contributed by atoms with E-state index in [-0.39, 0.29) is 29.9 Å². The van der Waals surface area contributed by atoms with Gasteiger partial charge in [0.2, 0.25) is 5.91 Å². The Morgan fingerprint density at radius 2 is 1.69 bits per heavy atom. The van der Waals surface area contributed by atoms with Gasteiger partial charge in [0.15, 0.2) is 0 Å². The van der Waals surface area contributed by atoms with Gasteiger partial charge >= 0.3 is 0 Å². The average molecular weight is 554 g/mol. The summed E-state index contributed by atoms with van der Waals surface area (Å²) in [5, 5.41) is 3.30. The zero-order chi connectivity index (χ0) is 22.9. The molecule has 2 aliphatic rings. The van der Waals surface area contributed by atoms with Crippen LogP contribution in [-0.2, 0) is 4.79 Å². The van der Waals surface area contributed by atoms with Gasteiger partial charge in [0.1, 0.15) is 6.04 Å². The minimum absolute atomic E-state index is 0.0438. The minimum atomic E-state index is -0.616. The van der Waals surface area contributed by atoms with E-state index in [4.69, 9.17) is 5.73 Å². The van der Waals surface area contributed by atoms with Crippen molar-refractivity contribution in [2.45, 2.75) is 115 Å². The summed E-state index contributed by atoms with van der Waals surface area (Å²) in [6.07, 6.45) is 13.6. The third-order valence-electron chi connectivity index (χ3n) is 7.12. The largest absolute Gasteiger partial charge is 0.352 e. The molecule has 1 aromatic rings. The van der Waals surface area contributed by atoms with Crippen LogP contribution in [0.1, 0.15) is 101 Å². The highest BCUT2D eigenvalue weighted by Crippen LogP contribution is 2.29. The molecule has 0 spiro atoms. The fourth-order valence-electron chi connectivity index (χ4n) is 5.31. The molecule has 0 aliphatic heterocycles. The predicted molar refractivity (Wildman–Crippen MR) is 139 cm³/mol. The van der Waals surface area contributed by atoms with E-state index in [0.29, 0.717) is 5.56 Å². The van der Waals surface area contributed by atoms with E-state index < -0.39 is 6.04 Å². The molecule has 2 saturated carbocycles. The third kappa shape index (κ3) is 6.69. The number of carbonyl (C=O) groups is 2. The summed E-state index contributed by atoms with van der Waals surface area (Å²) in [5.74, 6) is -0.0944. The van der Waals surface area contributed by atoms with Gasteiger partial charge in [-0.2, -0.15) is 0 Å². The molecular weight excluding hydrogens is 513 g/mol. The van der Waals surface area contributed by atoms with Crippen molar-refractivity contribution in [1.82, 2.24) is 10.2 Å². The van der Waals surface area contributed by atoms with Crippen molar-refractivity contribution in [1.29, 1.82) is 0 Å². The number of rotatable bonds is 9. The highest BCUT2D eigenvalue weighted by atomic mass is 127. The first-order valence-corrected chi connectivity index (χ1v) is 13.7. The molecule has 1 aromatic carbocycles. The molecule has 2 fully saturated rings. The lowest BCUT2D eigenvalue weighted by Gasteiger charge is -2.42. The highest BCUT2D eigenvalue weighted by molar-refractivity contribution is 14.1. The molecule has 5 nitrogen and oxygen atoms in total. The van der Waals surface area contributed by atoms with Gasteiger partial charge < -0.3 is 16.0 Å². The fourth-order valence-corrected chi connectivity index (χ4v) is 5.93. The first-order chi connectivity index (χ1) is 15.5. The molecule has 6 heteroatoms. The van der Waals surface area contributed by atoms with Gasteiger partial charge in [-0.15, -0.1) is 0 Å². The first-order valence-electron chi connectivity index (χ1n) is 12.7. The molecular formula is C26H40IN3O2. The summed E-state index contributed by atoms with van der Waals surface area (Å²) in [5.41, 5.74) is 7.39. The smallest absolute Gasteiger partial charge is 0.255 e. The monoisotopic (exact) mass is 553 g/mol. The number of nitrogens with two attached hydrogens (primary N) is 1. The van der Waals surface area contributed by atoms with Gasteiger partial charge in [-0.05, 0) is 66.8 Å². The summed E-state index contributed by atoms with van der Waals surface area (Å²) in [4.78, 5) is 29.6. The van der Waals surface area contributed by atoms with Gasteiger partial charge in [-0.25, -0.2) is 0 Å². The van der Waals surface area contributed by atoms with Gasteiger partial charge in [-0.1, -0.05) is 70.4 Å². The molecule has 2 amide bonds. The van der Waals surface area contributed by atoms with E-state index in [0.717, 1.165) is 74.2 Å². The Morgan fingerprint density at radius 1 is 1.06 bits per heavy atom. The zero-order valence-corrected chi connectivity index (χ0v) is 21.7. The molecule has 0 heterocycles. The number of unbranched alkanes of at least 4 members (excludes halogenated alkanes) is 1. The number of carbonyl (C=O) groups excluding carboxylic acids is 2. The minimum Gasteiger partial charge on any atom is -0.352 e. The van der Waals surface area contributed by atoms with Crippen LogP contribution >= 0.6 is 22.6 Å². The Bertz CT molecular complexity index is 744. The fraction of sp³-hybridized carbons (Fsp3) is 0.692. The van der Waals surface area contributed by atoms with Gasteiger partial charge in [0, 0.05) is 21.7 Å². The second-order valence-electron chi connectivity index (χ2n) is 9.58. The van der Waals surface area contributed by atoms with Gasteiger partial charge in [0.25, 0.3) is 5.91 Å². The molecule has 0 radical (unpaired) electrons. The van der Waals surface area contributed by atoms with E-state index in [1.807, 2.05) is 29.2 Å². The van der Waals surface area contributed by atoms with Gasteiger partial charge in [-0.3, -0.25) is 9.59 Å². The van der Waals surface area contributed by atoms with E-state index in [1.165, 1.54) is 12.8 Å². The predicted octanol–water partition coefficient (Wildman–Crippen LogP) is 5.40. The first kappa shape index (κ1) is 25.5. The van der Waals surface area contributed by atoms with Crippen molar-refractivity contribution in [2.24, 2.45) is 5.73 Å². The van der Waals surface area contributed by atoms with Crippen LogP contribution in [0.2, 0.25) is 0 Å². The second-order valence-corrected chi connectivity index (χ2v) is 10.7. The van der Waals surface area contributed by atoms with Crippen LogP contribution in [0, 0.1) is 3.57 Å². The van der Waals surface area contributed by atoms with Crippen LogP contribution in [0.3, 0.4) is 0 Å². The van der Waals surface area contributed by atoms with E-state index >= 15 is 0 Å². The Kier molecular flexibility index (Phi) is 10.3. The molecule has 32 heavy (non-hydrogen) atoms. The zero-order valence-electron chi connectivity index (χ0n) is 19.5. The number of nitrogens with one attached hydrogen (secondary N) is 1. The molecule has 3 rings (SSSR count).